The summed E-state index contributed by atoms with van der Waals surface area (Å²) in [5.74, 6) is 4.35. The lowest BCUT2D eigenvalue weighted by molar-refractivity contribution is -0.0786. The first-order valence-corrected chi connectivity index (χ1v) is 10.9. The molecule has 8 nitrogen and oxygen atoms in total. The average molecular weight is 443 g/mol. The molecule has 8 heteroatoms. The number of fused-ring (bicyclic) bond motifs is 2. The van der Waals surface area contributed by atoms with Crippen molar-refractivity contribution in [2.75, 3.05) is 54.4 Å². The zero-order valence-corrected chi connectivity index (χ0v) is 18.9. The van der Waals surface area contributed by atoms with Crippen LogP contribution < -0.4 is 28.4 Å². The van der Waals surface area contributed by atoms with Crippen LogP contribution in [0.15, 0.2) is 24.3 Å². The number of hydrogen-bond donors (Lipinski definition) is 0. The summed E-state index contributed by atoms with van der Waals surface area (Å²) in [4.78, 5) is 2.34. The molecule has 0 aliphatic carbocycles. The molecule has 3 aliphatic heterocycles. The number of benzene rings is 2. The number of morpholine rings is 1. The van der Waals surface area contributed by atoms with Crippen molar-refractivity contribution in [3.63, 3.8) is 0 Å². The van der Waals surface area contributed by atoms with Gasteiger partial charge in [0.1, 0.15) is 23.0 Å². The lowest BCUT2D eigenvalue weighted by Gasteiger charge is -2.44. The molecular formula is C24H29NO7. The van der Waals surface area contributed by atoms with Crippen molar-refractivity contribution in [2.45, 2.75) is 19.1 Å². The normalized spacial score (nSPS) is 24.4. The Bertz CT molecular complexity index is 964. The first kappa shape index (κ1) is 21.0. The Morgan fingerprint density at radius 2 is 1.50 bits per heavy atom. The monoisotopic (exact) mass is 443 g/mol. The summed E-state index contributed by atoms with van der Waals surface area (Å²) >= 11 is 0. The highest BCUT2D eigenvalue weighted by Gasteiger charge is 2.43. The fraction of sp³-hybridized carbons (Fsp3) is 0.500. The Hall–Kier alpha value is -2.84. The highest BCUT2D eigenvalue weighted by atomic mass is 16.7. The van der Waals surface area contributed by atoms with Gasteiger partial charge in [-0.3, -0.25) is 4.90 Å². The number of nitrogens with zero attached hydrogens (tertiary/aromatic N) is 1. The third kappa shape index (κ3) is 3.47. The molecule has 5 rings (SSSR count). The minimum absolute atomic E-state index is 0.0584. The Morgan fingerprint density at radius 3 is 2.12 bits per heavy atom. The molecule has 1 saturated heterocycles. The molecule has 32 heavy (non-hydrogen) atoms. The van der Waals surface area contributed by atoms with Crippen LogP contribution in [0.25, 0.3) is 0 Å². The van der Waals surface area contributed by atoms with Gasteiger partial charge in [0.05, 0.1) is 34.5 Å². The molecule has 0 N–H and O–H groups in total. The molecule has 3 aliphatic rings. The van der Waals surface area contributed by atoms with Crippen molar-refractivity contribution in [3.05, 3.63) is 35.4 Å². The molecule has 0 spiro atoms. The van der Waals surface area contributed by atoms with Gasteiger partial charge in [-0.2, -0.15) is 0 Å². The lowest BCUT2D eigenvalue weighted by atomic mass is 9.77. The van der Waals surface area contributed by atoms with Crippen LogP contribution in [0.1, 0.15) is 24.0 Å². The predicted octanol–water partition coefficient (Wildman–Crippen LogP) is 3.26. The minimum Gasteiger partial charge on any atom is -0.496 e. The highest BCUT2D eigenvalue weighted by Crippen LogP contribution is 2.53. The summed E-state index contributed by atoms with van der Waals surface area (Å²) in [7, 11) is 4.97. The van der Waals surface area contributed by atoms with Crippen LogP contribution in [0.2, 0.25) is 0 Å². The Morgan fingerprint density at radius 1 is 0.844 bits per heavy atom. The smallest absolute Gasteiger partial charge is 0.231 e. The summed E-state index contributed by atoms with van der Waals surface area (Å²) in [6, 6.07) is 7.76. The van der Waals surface area contributed by atoms with E-state index in [-0.39, 0.29) is 24.9 Å². The molecule has 0 amide bonds. The van der Waals surface area contributed by atoms with E-state index < -0.39 is 0 Å². The first-order chi connectivity index (χ1) is 15.6. The van der Waals surface area contributed by atoms with E-state index in [4.69, 9.17) is 33.2 Å². The standard InChI is InChI=1S/C24H29NO7/c1-14-22(23-20(27-3)9-15(26-2)10-21(23)28-4)16-11-18-19(31-13-30-18)12-17(16)32-24(14)25-5-7-29-8-6-25/h9-12,14,22,24H,5-8,13H2,1-4H3/t14-,22-,24-/m0/s1. The summed E-state index contributed by atoms with van der Waals surface area (Å²) in [5, 5.41) is 0. The van der Waals surface area contributed by atoms with E-state index in [1.54, 1.807) is 21.3 Å². The second-order valence-corrected chi connectivity index (χ2v) is 8.18. The Balaban J connectivity index is 1.68. The molecule has 0 unspecified atom stereocenters. The number of ether oxygens (including phenoxy) is 7. The van der Waals surface area contributed by atoms with Gasteiger partial charge in [0, 0.05) is 54.3 Å². The zero-order valence-electron chi connectivity index (χ0n) is 18.9. The van der Waals surface area contributed by atoms with E-state index in [9.17, 15) is 0 Å². The van der Waals surface area contributed by atoms with Gasteiger partial charge in [0.25, 0.3) is 0 Å². The first-order valence-electron chi connectivity index (χ1n) is 10.9. The molecule has 3 atom stereocenters. The summed E-state index contributed by atoms with van der Waals surface area (Å²) in [5.41, 5.74) is 1.98. The van der Waals surface area contributed by atoms with Gasteiger partial charge in [-0.05, 0) is 6.07 Å². The van der Waals surface area contributed by atoms with Gasteiger partial charge in [0.15, 0.2) is 17.7 Å². The van der Waals surface area contributed by atoms with Crippen LogP contribution in [-0.2, 0) is 4.74 Å². The van der Waals surface area contributed by atoms with Crippen molar-refractivity contribution in [3.8, 4) is 34.5 Å². The second kappa shape index (κ2) is 8.60. The van der Waals surface area contributed by atoms with Gasteiger partial charge >= 0.3 is 0 Å². The van der Waals surface area contributed by atoms with E-state index >= 15 is 0 Å². The molecule has 3 heterocycles. The van der Waals surface area contributed by atoms with E-state index in [2.05, 4.69) is 11.8 Å². The van der Waals surface area contributed by atoms with Gasteiger partial charge in [-0.15, -0.1) is 0 Å². The van der Waals surface area contributed by atoms with Crippen LogP contribution in [-0.4, -0.2) is 65.6 Å². The third-order valence-electron chi connectivity index (χ3n) is 6.53. The second-order valence-electron chi connectivity index (χ2n) is 8.18. The Kier molecular flexibility index (Phi) is 5.65. The van der Waals surface area contributed by atoms with Crippen molar-refractivity contribution in [1.82, 2.24) is 4.90 Å². The van der Waals surface area contributed by atoms with Crippen LogP contribution in [0.5, 0.6) is 34.5 Å². The fourth-order valence-corrected chi connectivity index (χ4v) is 4.97. The minimum atomic E-state index is -0.131. The molecule has 2 aromatic carbocycles. The zero-order chi connectivity index (χ0) is 22.2. The molecule has 1 fully saturated rings. The summed E-state index contributed by atoms with van der Waals surface area (Å²) in [6.45, 7) is 5.44. The predicted molar refractivity (Wildman–Crippen MR) is 116 cm³/mol. The third-order valence-corrected chi connectivity index (χ3v) is 6.53. The highest BCUT2D eigenvalue weighted by molar-refractivity contribution is 5.61. The van der Waals surface area contributed by atoms with Gasteiger partial charge in [-0.1, -0.05) is 6.92 Å². The topological polar surface area (TPSA) is 67.9 Å². The number of rotatable bonds is 5. The van der Waals surface area contributed by atoms with Crippen molar-refractivity contribution in [2.24, 2.45) is 5.92 Å². The van der Waals surface area contributed by atoms with E-state index in [1.807, 2.05) is 24.3 Å². The van der Waals surface area contributed by atoms with Gasteiger partial charge in [-0.25, -0.2) is 0 Å². The lowest BCUT2D eigenvalue weighted by Crippen LogP contribution is -2.52. The SMILES string of the molecule is COc1cc(OC)c([C@@H]2c3cc4c(cc3O[C@H](N3CCOCC3)[C@H]2C)OCO4)c(OC)c1. The summed E-state index contributed by atoms with van der Waals surface area (Å²) < 4.78 is 40.6. The van der Waals surface area contributed by atoms with Crippen molar-refractivity contribution in [1.29, 1.82) is 0 Å². The van der Waals surface area contributed by atoms with Crippen molar-refractivity contribution >= 4 is 0 Å². The number of methoxy groups -OCH3 is 3. The maximum Gasteiger partial charge on any atom is 0.231 e. The van der Waals surface area contributed by atoms with Crippen LogP contribution in [0, 0.1) is 5.92 Å². The largest absolute Gasteiger partial charge is 0.496 e. The molecule has 0 radical (unpaired) electrons. The molecular weight excluding hydrogens is 414 g/mol. The van der Waals surface area contributed by atoms with Gasteiger partial charge in [0.2, 0.25) is 6.79 Å². The Labute approximate surface area is 187 Å². The average Bonchev–Trinajstić information content (AvgIpc) is 3.29. The maximum absolute atomic E-state index is 6.58. The van der Waals surface area contributed by atoms with Crippen LogP contribution in [0.4, 0.5) is 0 Å². The molecule has 0 saturated carbocycles. The molecule has 0 bridgehead atoms. The van der Waals surface area contributed by atoms with Crippen LogP contribution >= 0.6 is 0 Å². The maximum atomic E-state index is 6.58. The van der Waals surface area contributed by atoms with Gasteiger partial charge < -0.3 is 33.2 Å². The summed E-state index contributed by atoms with van der Waals surface area (Å²) in [6.07, 6.45) is -0.131. The molecule has 0 aromatic heterocycles. The van der Waals surface area contributed by atoms with E-state index in [0.717, 1.165) is 35.7 Å². The molecule has 172 valence electrons. The number of hydrogen-bond acceptors (Lipinski definition) is 8. The van der Waals surface area contributed by atoms with E-state index in [0.29, 0.717) is 36.2 Å². The van der Waals surface area contributed by atoms with Crippen molar-refractivity contribution < 1.29 is 33.2 Å². The van der Waals surface area contributed by atoms with E-state index in [1.165, 1.54) is 0 Å². The molecule has 2 aromatic rings. The van der Waals surface area contributed by atoms with Crippen LogP contribution in [0.3, 0.4) is 0 Å². The fourth-order valence-electron chi connectivity index (χ4n) is 4.97. The quantitative estimate of drug-likeness (QED) is 0.698.